The van der Waals surface area contributed by atoms with E-state index in [-0.39, 0.29) is 23.1 Å². The molecule has 0 aliphatic carbocycles. The molecule has 0 spiro atoms. The average molecular weight is 335 g/mol. The van der Waals surface area contributed by atoms with Gasteiger partial charge in [0.15, 0.2) is 0 Å². The Morgan fingerprint density at radius 1 is 1.12 bits per heavy atom. The summed E-state index contributed by atoms with van der Waals surface area (Å²) in [5.74, 6) is 0. The molecule has 1 rings (SSSR count). The van der Waals surface area contributed by atoms with Gasteiger partial charge in [-0.15, -0.1) is 0 Å². The van der Waals surface area contributed by atoms with Gasteiger partial charge in [-0.25, -0.2) is 0 Å². The number of amides is 1. The minimum absolute atomic E-state index is 0.0547. The third kappa shape index (κ3) is 7.45. The van der Waals surface area contributed by atoms with Crippen molar-refractivity contribution in [1.29, 1.82) is 0 Å². The lowest BCUT2D eigenvalue weighted by Crippen LogP contribution is -2.48. The van der Waals surface area contributed by atoms with Crippen molar-refractivity contribution in [3.8, 4) is 0 Å². The summed E-state index contributed by atoms with van der Waals surface area (Å²) in [7, 11) is 0. The van der Waals surface area contributed by atoms with Gasteiger partial charge in [-0.2, -0.15) is 0 Å². The van der Waals surface area contributed by atoms with Crippen molar-refractivity contribution < 1.29 is 9.53 Å². The van der Waals surface area contributed by atoms with Gasteiger partial charge in [0.05, 0.1) is 12.2 Å². The predicted molar refractivity (Wildman–Crippen MR) is 100.0 cm³/mol. The number of hydrogen-bond donors (Lipinski definition) is 2. The highest BCUT2D eigenvalue weighted by molar-refractivity contribution is 5.45. The molecule has 2 atom stereocenters. The monoisotopic (exact) mass is 334 g/mol. The Morgan fingerprint density at radius 3 is 2.29 bits per heavy atom. The fourth-order valence-electron chi connectivity index (χ4n) is 2.63. The summed E-state index contributed by atoms with van der Waals surface area (Å²) in [6, 6.07) is 10.9. The lowest BCUT2D eigenvalue weighted by Gasteiger charge is -2.39. The highest BCUT2D eigenvalue weighted by Crippen LogP contribution is 2.28. The second-order valence-corrected chi connectivity index (χ2v) is 8.10. The zero-order chi connectivity index (χ0) is 18.2. The molecule has 0 saturated carbocycles. The molecule has 4 nitrogen and oxygen atoms in total. The third-order valence-corrected chi connectivity index (χ3v) is 4.23. The van der Waals surface area contributed by atoms with Crippen molar-refractivity contribution in [3.05, 3.63) is 35.9 Å². The summed E-state index contributed by atoms with van der Waals surface area (Å²) in [4.78, 5) is 10.6. The lowest BCUT2D eigenvalue weighted by atomic mass is 9.82. The third-order valence-electron chi connectivity index (χ3n) is 4.23. The van der Waals surface area contributed by atoms with Crippen molar-refractivity contribution >= 4 is 6.41 Å². The van der Waals surface area contributed by atoms with Crippen LogP contribution in [0.1, 0.15) is 59.6 Å². The Kier molecular flexibility index (Phi) is 7.91. The molecule has 1 amide bonds. The van der Waals surface area contributed by atoms with Gasteiger partial charge in [0, 0.05) is 24.0 Å². The van der Waals surface area contributed by atoms with Gasteiger partial charge in [-0.05, 0) is 39.7 Å². The Morgan fingerprint density at radius 2 is 1.75 bits per heavy atom. The maximum Gasteiger partial charge on any atom is 0.207 e. The van der Waals surface area contributed by atoms with Crippen LogP contribution in [-0.4, -0.2) is 31.2 Å². The van der Waals surface area contributed by atoms with E-state index in [2.05, 4.69) is 76.4 Å². The number of hydrogen-bond acceptors (Lipinski definition) is 3. The smallest absolute Gasteiger partial charge is 0.207 e. The zero-order valence-electron chi connectivity index (χ0n) is 16.1. The molecule has 0 fully saturated rings. The standard InChI is InChI=1S/C20H34N2O2/c1-16(17-10-8-7-9-11-17)22-18(12-13-21-15-23)20(5,6)14-24-19(2,3)4/h7-11,15-16,18,22H,12-14H2,1-6H3,(H,21,23). The van der Waals surface area contributed by atoms with Crippen LogP contribution in [0, 0.1) is 5.41 Å². The van der Waals surface area contributed by atoms with E-state index in [0.29, 0.717) is 13.2 Å². The van der Waals surface area contributed by atoms with Gasteiger partial charge in [-0.3, -0.25) is 4.79 Å². The molecule has 0 saturated heterocycles. The number of carbonyl (C=O) groups is 1. The van der Waals surface area contributed by atoms with Crippen molar-refractivity contribution in [3.63, 3.8) is 0 Å². The van der Waals surface area contributed by atoms with Crippen molar-refractivity contribution in [2.24, 2.45) is 5.41 Å². The van der Waals surface area contributed by atoms with Crippen LogP contribution in [0.15, 0.2) is 30.3 Å². The molecule has 0 radical (unpaired) electrons. The van der Waals surface area contributed by atoms with E-state index in [1.165, 1.54) is 5.56 Å². The fraction of sp³-hybridized carbons (Fsp3) is 0.650. The molecule has 0 aromatic heterocycles. The Hall–Kier alpha value is -1.39. The first kappa shape index (κ1) is 20.7. The topological polar surface area (TPSA) is 50.4 Å². The summed E-state index contributed by atoms with van der Waals surface area (Å²) >= 11 is 0. The minimum Gasteiger partial charge on any atom is -0.375 e. The van der Waals surface area contributed by atoms with Gasteiger partial charge in [0.2, 0.25) is 6.41 Å². The number of carbonyl (C=O) groups excluding carboxylic acids is 1. The van der Waals surface area contributed by atoms with Crippen molar-refractivity contribution in [1.82, 2.24) is 10.6 Å². The van der Waals surface area contributed by atoms with Crippen LogP contribution in [0.3, 0.4) is 0 Å². The molecule has 2 N–H and O–H groups in total. The molecular formula is C20H34N2O2. The molecule has 0 aliphatic heterocycles. The minimum atomic E-state index is -0.159. The van der Waals surface area contributed by atoms with E-state index in [1.54, 1.807) is 0 Å². The maximum absolute atomic E-state index is 10.6. The second-order valence-electron chi connectivity index (χ2n) is 8.10. The van der Waals surface area contributed by atoms with Gasteiger partial charge in [0.1, 0.15) is 0 Å². The van der Waals surface area contributed by atoms with Crippen LogP contribution >= 0.6 is 0 Å². The lowest BCUT2D eigenvalue weighted by molar-refractivity contribution is -0.109. The number of nitrogens with one attached hydrogen (secondary N) is 2. The number of rotatable bonds is 10. The highest BCUT2D eigenvalue weighted by atomic mass is 16.5. The van der Waals surface area contributed by atoms with Gasteiger partial charge < -0.3 is 15.4 Å². The molecule has 2 unspecified atom stereocenters. The quantitative estimate of drug-likeness (QED) is 0.507. The predicted octanol–water partition coefficient (Wildman–Crippen LogP) is 3.68. The summed E-state index contributed by atoms with van der Waals surface area (Å²) in [5.41, 5.74) is 1.05. The zero-order valence-corrected chi connectivity index (χ0v) is 16.1. The Labute approximate surface area is 147 Å². The largest absolute Gasteiger partial charge is 0.375 e. The molecule has 1 aromatic rings. The van der Waals surface area contributed by atoms with Crippen LogP contribution in [0.5, 0.6) is 0 Å². The van der Waals surface area contributed by atoms with Crippen LogP contribution < -0.4 is 10.6 Å². The average Bonchev–Trinajstić information content (AvgIpc) is 2.52. The summed E-state index contributed by atoms with van der Waals surface area (Å²) < 4.78 is 6.04. The van der Waals surface area contributed by atoms with E-state index in [1.807, 2.05) is 6.07 Å². The number of ether oxygens (including phenoxy) is 1. The molecule has 136 valence electrons. The Bertz CT molecular complexity index is 480. The van der Waals surface area contributed by atoms with E-state index < -0.39 is 0 Å². The van der Waals surface area contributed by atoms with E-state index in [0.717, 1.165) is 12.8 Å². The summed E-state index contributed by atoms with van der Waals surface area (Å²) in [6.07, 6.45) is 1.62. The summed E-state index contributed by atoms with van der Waals surface area (Å²) in [6.45, 7) is 14.2. The van der Waals surface area contributed by atoms with Crippen LogP contribution in [0.4, 0.5) is 0 Å². The normalized spacial score (nSPS) is 14.9. The number of benzene rings is 1. The Balaban J connectivity index is 2.79. The molecule has 0 aliphatic rings. The van der Waals surface area contributed by atoms with Gasteiger partial charge in [-0.1, -0.05) is 44.2 Å². The first-order chi connectivity index (χ1) is 11.2. The first-order valence-electron chi connectivity index (χ1n) is 8.78. The molecule has 0 bridgehead atoms. The van der Waals surface area contributed by atoms with E-state index in [9.17, 15) is 4.79 Å². The second kappa shape index (κ2) is 9.19. The van der Waals surface area contributed by atoms with Crippen LogP contribution in [0.2, 0.25) is 0 Å². The van der Waals surface area contributed by atoms with Gasteiger partial charge >= 0.3 is 0 Å². The summed E-state index contributed by atoms with van der Waals surface area (Å²) in [5, 5.41) is 6.51. The maximum atomic E-state index is 10.6. The van der Waals surface area contributed by atoms with Crippen molar-refractivity contribution in [2.45, 2.75) is 65.6 Å². The van der Waals surface area contributed by atoms with Crippen LogP contribution in [-0.2, 0) is 9.53 Å². The molecule has 0 heterocycles. The van der Waals surface area contributed by atoms with E-state index >= 15 is 0 Å². The molecule has 4 heteroatoms. The first-order valence-corrected chi connectivity index (χ1v) is 8.78. The van der Waals surface area contributed by atoms with Crippen LogP contribution in [0.25, 0.3) is 0 Å². The highest BCUT2D eigenvalue weighted by Gasteiger charge is 2.32. The molecular weight excluding hydrogens is 300 g/mol. The SMILES string of the molecule is CC(NC(CCNC=O)C(C)(C)COC(C)(C)C)c1ccccc1. The molecule has 1 aromatic carbocycles. The fourth-order valence-corrected chi connectivity index (χ4v) is 2.63. The van der Waals surface area contributed by atoms with Crippen molar-refractivity contribution in [2.75, 3.05) is 13.2 Å². The molecule has 24 heavy (non-hydrogen) atoms. The van der Waals surface area contributed by atoms with Gasteiger partial charge in [0.25, 0.3) is 0 Å². The van der Waals surface area contributed by atoms with E-state index in [4.69, 9.17) is 4.74 Å².